The number of carbonyl (C=O) groups excluding carboxylic acids is 1. The van der Waals surface area contributed by atoms with E-state index in [4.69, 9.17) is 0 Å². The lowest BCUT2D eigenvalue weighted by atomic mass is 10.3. The minimum Gasteiger partial charge on any atom is -0.352 e. The minimum absolute atomic E-state index is 0.109. The summed E-state index contributed by atoms with van der Waals surface area (Å²) in [6, 6.07) is 2.29. The Bertz CT molecular complexity index is 403. The van der Waals surface area contributed by atoms with Gasteiger partial charge in [-0.25, -0.2) is 9.97 Å². The Kier molecular flexibility index (Phi) is 3.56. The van der Waals surface area contributed by atoms with Gasteiger partial charge in [0.05, 0.1) is 0 Å². The van der Waals surface area contributed by atoms with Crippen molar-refractivity contribution in [2.45, 2.75) is 45.2 Å². The highest BCUT2D eigenvalue weighted by Crippen LogP contribution is 2.19. The summed E-state index contributed by atoms with van der Waals surface area (Å²) in [7, 11) is 0. The molecule has 1 aliphatic carbocycles. The average Bonchev–Trinajstić information content (AvgIpc) is 3.13. The normalized spacial score (nSPS) is 16.4. The molecule has 1 aliphatic rings. The van der Waals surface area contributed by atoms with Crippen molar-refractivity contribution in [1.82, 2.24) is 15.3 Å². The molecule has 5 heteroatoms. The third kappa shape index (κ3) is 3.41. The molecule has 1 aromatic rings. The molecule has 92 valence electrons. The standard InChI is InChI=1S/C12H18N4O/c1-3-8(2)14-12-13-7-6-10(16-12)11(17)15-9-4-5-9/h6-9H,3-5H2,1-2H3,(H,15,17)(H,13,14,16). The molecule has 1 saturated carbocycles. The molecule has 0 radical (unpaired) electrons. The van der Waals surface area contributed by atoms with Gasteiger partial charge in [0.15, 0.2) is 0 Å². The monoisotopic (exact) mass is 234 g/mol. The molecule has 5 nitrogen and oxygen atoms in total. The molecule has 1 aromatic heterocycles. The zero-order valence-electron chi connectivity index (χ0n) is 10.2. The van der Waals surface area contributed by atoms with Gasteiger partial charge >= 0.3 is 0 Å². The van der Waals surface area contributed by atoms with Gasteiger partial charge in [0.25, 0.3) is 5.91 Å². The van der Waals surface area contributed by atoms with E-state index >= 15 is 0 Å². The molecule has 0 saturated heterocycles. The molecule has 1 heterocycles. The molecule has 1 fully saturated rings. The van der Waals surface area contributed by atoms with Crippen molar-refractivity contribution < 1.29 is 4.79 Å². The fourth-order valence-corrected chi connectivity index (χ4v) is 1.36. The van der Waals surface area contributed by atoms with Crippen molar-refractivity contribution in [3.63, 3.8) is 0 Å². The number of carbonyl (C=O) groups is 1. The Morgan fingerprint density at radius 3 is 3.00 bits per heavy atom. The molecule has 0 spiro atoms. The van der Waals surface area contributed by atoms with Crippen molar-refractivity contribution in [1.29, 1.82) is 0 Å². The van der Waals surface area contributed by atoms with E-state index in [1.807, 2.05) is 0 Å². The number of hydrogen-bond acceptors (Lipinski definition) is 4. The highest BCUT2D eigenvalue weighted by molar-refractivity contribution is 5.92. The topological polar surface area (TPSA) is 66.9 Å². The van der Waals surface area contributed by atoms with Gasteiger partial charge in [0.2, 0.25) is 5.95 Å². The second-order valence-corrected chi connectivity index (χ2v) is 4.47. The predicted octanol–water partition coefficient (Wildman–Crippen LogP) is 1.58. The smallest absolute Gasteiger partial charge is 0.270 e. The van der Waals surface area contributed by atoms with Crippen LogP contribution in [0.4, 0.5) is 5.95 Å². The van der Waals surface area contributed by atoms with E-state index in [0.717, 1.165) is 19.3 Å². The Labute approximate surface area is 101 Å². The van der Waals surface area contributed by atoms with Crippen molar-refractivity contribution in [3.8, 4) is 0 Å². The van der Waals surface area contributed by atoms with Crippen LogP contribution < -0.4 is 10.6 Å². The highest BCUT2D eigenvalue weighted by Gasteiger charge is 2.24. The number of rotatable bonds is 5. The fraction of sp³-hybridized carbons (Fsp3) is 0.583. The van der Waals surface area contributed by atoms with Crippen LogP contribution >= 0.6 is 0 Å². The quantitative estimate of drug-likeness (QED) is 0.811. The van der Waals surface area contributed by atoms with Gasteiger partial charge < -0.3 is 10.6 Å². The van der Waals surface area contributed by atoms with Crippen LogP contribution in [0.1, 0.15) is 43.6 Å². The zero-order chi connectivity index (χ0) is 12.3. The largest absolute Gasteiger partial charge is 0.352 e. The van der Waals surface area contributed by atoms with E-state index in [0.29, 0.717) is 23.7 Å². The third-order valence-electron chi connectivity index (χ3n) is 2.79. The molecule has 0 bridgehead atoms. The molecule has 1 atom stereocenters. The SMILES string of the molecule is CCC(C)Nc1nccc(C(=O)NC2CC2)n1. The van der Waals surface area contributed by atoms with Crippen LogP contribution in [0.5, 0.6) is 0 Å². The lowest BCUT2D eigenvalue weighted by Crippen LogP contribution is -2.27. The Hall–Kier alpha value is -1.65. The van der Waals surface area contributed by atoms with Gasteiger partial charge in [-0.2, -0.15) is 0 Å². The molecular formula is C12H18N4O. The van der Waals surface area contributed by atoms with E-state index in [9.17, 15) is 4.79 Å². The van der Waals surface area contributed by atoms with Crippen molar-refractivity contribution >= 4 is 11.9 Å². The van der Waals surface area contributed by atoms with Crippen LogP contribution in [0, 0.1) is 0 Å². The molecule has 17 heavy (non-hydrogen) atoms. The van der Waals surface area contributed by atoms with E-state index in [-0.39, 0.29) is 5.91 Å². The van der Waals surface area contributed by atoms with Gasteiger partial charge in [-0.15, -0.1) is 0 Å². The number of nitrogens with one attached hydrogen (secondary N) is 2. The summed E-state index contributed by atoms with van der Waals surface area (Å²) in [4.78, 5) is 20.1. The van der Waals surface area contributed by atoms with Gasteiger partial charge in [0, 0.05) is 18.3 Å². The summed E-state index contributed by atoms with van der Waals surface area (Å²) in [6.45, 7) is 4.14. The maximum Gasteiger partial charge on any atom is 0.270 e. The molecule has 0 aromatic carbocycles. The van der Waals surface area contributed by atoms with Gasteiger partial charge in [-0.3, -0.25) is 4.79 Å². The van der Waals surface area contributed by atoms with Crippen LogP contribution in [0.25, 0.3) is 0 Å². The second kappa shape index (κ2) is 5.12. The zero-order valence-corrected chi connectivity index (χ0v) is 10.2. The lowest BCUT2D eigenvalue weighted by molar-refractivity contribution is 0.0946. The Balaban J connectivity index is 2.01. The van der Waals surface area contributed by atoms with Crippen LogP contribution in [0.15, 0.2) is 12.3 Å². The van der Waals surface area contributed by atoms with Gasteiger partial charge in [-0.05, 0) is 32.3 Å². The van der Waals surface area contributed by atoms with E-state index < -0.39 is 0 Å². The summed E-state index contributed by atoms with van der Waals surface area (Å²) >= 11 is 0. The first-order valence-electron chi connectivity index (χ1n) is 6.09. The summed E-state index contributed by atoms with van der Waals surface area (Å²) < 4.78 is 0. The number of nitrogens with zero attached hydrogens (tertiary/aromatic N) is 2. The highest BCUT2D eigenvalue weighted by atomic mass is 16.2. The molecule has 1 amide bonds. The fourth-order valence-electron chi connectivity index (χ4n) is 1.36. The second-order valence-electron chi connectivity index (χ2n) is 4.47. The first kappa shape index (κ1) is 11.8. The Morgan fingerprint density at radius 2 is 2.35 bits per heavy atom. The lowest BCUT2D eigenvalue weighted by Gasteiger charge is -2.11. The number of aromatic nitrogens is 2. The average molecular weight is 234 g/mol. The Morgan fingerprint density at radius 1 is 1.59 bits per heavy atom. The van der Waals surface area contributed by atoms with Crippen LogP contribution in [0.3, 0.4) is 0 Å². The molecule has 2 rings (SSSR count). The van der Waals surface area contributed by atoms with E-state index in [1.54, 1.807) is 12.3 Å². The van der Waals surface area contributed by atoms with E-state index in [1.165, 1.54) is 0 Å². The van der Waals surface area contributed by atoms with Crippen LogP contribution in [-0.4, -0.2) is 28.0 Å². The van der Waals surface area contributed by atoms with Crippen LogP contribution in [0.2, 0.25) is 0 Å². The summed E-state index contributed by atoms with van der Waals surface area (Å²) in [6.07, 6.45) is 4.75. The first-order chi connectivity index (χ1) is 8.19. The van der Waals surface area contributed by atoms with Gasteiger partial charge in [0.1, 0.15) is 5.69 Å². The molecule has 2 N–H and O–H groups in total. The van der Waals surface area contributed by atoms with Crippen molar-refractivity contribution in [2.24, 2.45) is 0 Å². The number of anilines is 1. The third-order valence-corrected chi connectivity index (χ3v) is 2.79. The van der Waals surface area contributed by atoms with Crippen LogP contribution in [-0.2, 0) is 0 Å². The van der Waals surface area contributed by atoms with Crippen molar-refractivity contribution in [2.75, 3.05) is 5.32 Å². The van der Waals surface area contributed by atoms with Crippen molar-refractivity contribution in [3.05, 3.63) is 18.0 Å². The molecule has 1 unspecified atom stereocenters. The number of hydrogen-bond donors (Lipinski definition) is 2. The summed E-state index contributed by atoms with van der Waals surface area (Å²) in [5.74, 6) is 0.407. The van der Waals surface area contributed by atoms with E-state index in [2.05, 4.69) is 34.4 Å². The molecule has 0 aliphatic heterocycles. The number of amides is 1. The maximum atomic E-state index is 11.8. The summed E-state index contributed by atoms with van der Waals surface area (Å²) in [5.41, 5.74) is 0.428. The molecular weight excluding hydrogens is 216 g/mol. The first-order valence-corrected chi connectivity index (χ1v) is 6.09. The predicted molar refractivity (Wildman–Crippen MR) is 65.9 cm³/mol. The maximum absolute atomic E-state index is 11.8. The summed E-state index contributed by atoms with van der Waals surface area (Å²) in [5, 5.41) is 6.06. The minimum atomic E-state index is -0.109. The van der Waals surface area contributed by atoms with Gasteiger partial charge in [-0.1, -0.05) is 6.92 Å².